The van der Waals surface area contributed by atoms with Gasteiger partial charge in [0.1, 0.15) is 6.33 Å². The van der Waals surface area contributed by atoms with E-state index >= 15 is 0 Å². The number of nitrogens with one attached hydrogen (secondary N) is 2. The van der Waals surface area contributed by atoms with E-state index in [4.69, 9.17) is 0 Å². The highest BCUT2D eigenvalue weighted by molar-refractivity contribution is 7.98. The van der Waals surface area contributed by atoms with Crippen molar-refractivity contribution in [1.82, 2.24) is 9.97 Å². The summed E-state index contributed by atoms with van der Waals surface area (Å²) in [6.45, 7) is 0.668. The fraction of sp³-hybridized carbons (Fsp3) is 0.600. The van der Waals surface area contributed by atoms with Crippen LogP contribution in [0.4, 0.5) is 17.3 Å². The molecule has 0 spiro atoms. The van der Waals surface area contributed by atoms with E-state index in [0.717, 1.165) is 18.6 Å². The molecule has 0 amide bonds. The lowest BCUT2D eigenvalue weighted by Crippen LogP contribution is -2.09. The second-order valence-corrected chi connectivity index (χ2v) is 4.54. The third-order valence-corrected chi connectivity index (χ3v) is 3.01. The average Bonchev–Trinajstić information content (AvgIpc) is 2.37. The second kappa shape index (κ2) is 7.70. The van der Waals surface area contributed by atoms with Crippen molar-refractivity contribution in [3.63, 3.8) is 0 Å². The Bertz CT molecular complexity index is 402. The molecule has 0 bridgehead atoms. The topological polar surface area (TPSA) is 93.0 Å². The van der Waals surface area contributed by atoms with Crippen LogP contribution in [0.5, 0.6) is 0 Å². The molecule has 1 heterocycles. The Balaban J connectivity index is 2.67. The third kappa shape index (κ3) is 4.02. The molecule has 0 unspecified atom stereocenters. The lowest BCUT2D eigenvalue weighted by molar-refractivity contribution is -0.383. The number of anilines is 2. The summed E-state index contributed by atoms with van der Waals surface area (Å²) >= 11 is 1.79. The van der Waals surface area contributed by atoms with Gasteiger partial charge in [-0.15, -0.1) is 0 Å². The molecule has 1 aromatic heterocycles. The second-order valence-electron chi connectivity index (χ2n) is 3.55. The van der Waals surface area contributed by atoms with E-state index in [-0.39, 0.29) is 17.3 Å². The molecule has 100 valence electrons. The van der Waals surface area contributed by atoms with Gasteiger partial charge >= 0.3 is 5.69 Å². The van der Waals surface area contributed by atoms with Gasteiger partial charge in [0.2, 0.25) is 11.6 Å². The number of hydrogen-bond donors (Lipinski definition) is 2. The average molecular weight is 271 g/mol. The first-order valence-corrected chi connectivity index (χ1v) is 7.00. The lowest BCUT2D eigenvalue weighted by Gasteiger charge is -2.07. The van der Waals surface area contributed by atoms with Crippen molar-refractivity contribution in [1.29, 1.82) is 0 Å². The van der Waals surface area contributed by atoms with Crippen LogP contribution in [0.25, 0.3) is 0 Å². The van der Waals surface area contributed by atoms with Crippen molar-refractivity contribution in [3.8, 4) is 0 Å². The summed E-state index contributed by atoms with van der Waals surface area (Å²) in [6.07, 6.45) is 5.40. The molecule has 0 aromatic carbocycles. The molecule has 0 aliphatic heterocycles. The minimum absolute atomic E-state index is 0.107. The molecule has 0 atom stereocenters. The molecular weight excluding hydrogens is 254 g/mol. The molecule has 0 radical (unpaired) electrons. The first kappa shape index (κ1) is 14.5. The Kier molecular flexibility index (Phi) is 6.20. The predicted octanol–water partition coefficient (Wildman–Crippen LogP) is 1.98. The van der Waals surface area contributed by atoms with Crippen LogP contribution in [0, 0.1) is 10.1 Å². The van der Waals surface area contributed by atoms with E-state index in [1.807, 2.05) is 0 Å². The highest BCUT2D eigenvalue weighted by atomic mass is 32.2. The van der Waals surface area contributed by atoms with Crippen molar-refractivity contribution in [3.05, 3.63) is 16.4 Å². The Morgan fingerprint density at radius 1 is 1.39 bits per heavy atom. The van der Waals surface area contributed by atoms with Crippen LogP contribution in [0.3, 0.4) is 0 Å². The number of aromatic nitrogens is 2. The van der Waals surface area contributed by atoms with Gasteiger partial charge in [0.15, 0.2) is 0 Å². The van der Waals surface area contributed by atoms with E-state index in [9.17, 15) is 10.1 Å². The molecule has 0 aliphatic rings. The van der Waals surface area contributed by atoms with Gasteiger partial charge in [-0.2, -0.15) is 11.8 Å². The Morgan fingerprint density at radius 3 is 2.72 bits per heavy atom. The van der Waals surface area contributed by atoms with E-state index in [2.05, 4.69) is 26.9 Å². The highest BCUT2D eigenvalue weighted by Crippen LogP contribution is 2.28. The number of nitrogens with zero attached hydrogens (tertiary/aromatic N) is 3. The monoisotopic (exact) mass is 271 g/mol. The number of rotatable bonds is 8. The van der Waals surface area contributed by atoms with Crippen LogP contribution in [0.1, 0.15) is 12.8 Å². The molecular formula is C10H17N5O2S. The quantitative estimate of drug-likeness (QED) is 0.424. The highest BCUT2D eigenvalue weighted by Gasteiger charge is 2.21. The summed E-state index contributed by atoms with van der Waals surface area (Å²) in [6, 6.07) is 0. The lowest BCUT2D eigenvalue weighted by atomic mass is 10.3. The number of nitro groups is 1. The van der Waals surface area contributed by atoms with Gasteiger partial charge in [0.25, 0.3) is 0 Å². The van der Waals surface area contributed by atoms with Crippen molar-refractivity contribution in [2.24, 2.45) is 0 Å². The van der Waals surface area contributed by atoms with Gasteiger partial charge in [-0.3, -0.25) is 10.1 Å². The molecule has 8 heteroatoms. The largest absolute Gasteiger partial charge is 0.367 e. The summed E-state index contributed by atoms with van der Waals surface area (Å²) in [5.41, 5.74) is -0.107. The van der Waals surface area contributed by atoms with Crippen LogP contribution in [0.2, 0.25) is 0 Å². The van der Waals surface area contributed by atoms with E-state index in [0.29, 0.717) is 6.54 Å². The van der Waals surface area contributed by atoms with Crippen molar-refractivity contribution in [2.75, 3.05) is 36.2 Å². The first-order chi connectivity index (χ1) is 8.70. The standard InChI is InChI=1S/C10H17N5O2S/c1-11-9-8(15(16)17)10(14-7-13-9)12-5-3-4-6-18-2/h7H,3-6H2,1-2H3,(H2,11,12,13,14). The van der Waals surface area contributed by atoms with E-state index < -0.39 is 4.92 Å². The molecule has 0 saturated carbocycles. The molecule has 2 N–H and O–H groups in total. The fourth-order valence-electron chi connectivity index (χ4n) is 1.44. The van der Waals surface area contributed by atoms with Gasteiger partial charge in [-0.05, 0) is 24.9 Å². The van der Waals surface area contributed by atoms with Crippen molar-refractivity contribution >= 4 is 29.1 Å². The zero-order valence-corrected chi connectivity index (χ0v) is 11.3. The minimum Gasteiger partial charge on any atom is -0.367 e. The molecule has 1 aromatic rings. The molecule has 0 saturated heterocycles. The number of thioether (sulfide) groups is 1. The van der Waals surface area contributed by atoms with Gasteiger partial charge < -0.3 is 10.6 Å². The maximum Gasteiger partial charge on any atom is 0.353 e. The van der Waals surface area contributed by atoms with Crippen LogP contribution in [-0.2, 0) is 0 Å². The molecule has 0 fully saturated rings. The maximum absolute atomic E-state index is 11.0. The first-order valence-electron chi connectivity index (χ1n) is 5.60. The summed E-state index contributed by atoms with van der Waals surface area (Å²) in [5.74, 6) is 1.58. The van der Waals surface area contributed by atoms with Crippen LogP contribution >= 0.6 is 11.8 Å². The number of unbranched alkanes of at least 4 members (excludes halogenated alkanes) is 1. The minimum atomic E-state index is -0.476. The van der Waals surface area contributed by atoms with E-state index in [1.165, 1.54) is 6.33 Å². The van der Waals surface area contributed by atoms with Crippen LogP contribution < -0.4 is 10.6 Å². The molecule has 18 heavy (non-hydrogen) atoms. The van der Waals surface area contributed by atoms with Crippen LogP contribution in [-0.4, -0.2) is 40.5 Å². The van der Waals surface area contributed by atoms with Gasteiger partial charge in [0.05, 0.1) is 4.92 Å². The van der Waals surface area contributed by atoms with E-state index in [1.54, 1.807) is 18.8 Å². The summed E-state index contributed by atoms with van der Waals surface area (Å²) in [7, 11) is 1.59. The van der Waals surface area contributed by atoms with Gasteiger partial charge in [-0.25, -0.2) is 9.97 Å². The smallest absolute Gasteiger partial charge is 0.353 e. The molecule has 0 aliphatic carbocycles. The van der Waals surface area contributed by atoms with Gasteiger partial charge in [0, 0.05) is 13.6 Å². The summed E-state index contributed by atoms with van der Waals surface area (Å²) in [4.78, 5) is 18.2. The summed E-state index contributed by atoms with van der Waals surface area (Å²) < 4.78 is 0. The Hall–Kier alpha value is -1.57. The fourth-order valence-corrected chi connectivity index (χ4v) is 1.94. The summed E-state index contributed by atoms with van der Waals surface area (Å²) in [5, 5.41) is 16.7. The Morgan fingerprint density at radius 2 is 2.11 bits per heavy atom. The van der Waals surface area contributed by atoms with Crippen molar-refractivity contribution in [2.45, 2.75) is 12.8 Å². The molecule has 7 nitrogen and oxygen atoms in total. The SMILES string of the molecule is CNc1ncnc(NCCCCSC)c1[N+](=O)[O-]. The van der Waals surface area contributed by atoms with Gasteiger partial charge in [-0.1, -0.05) is 0 Å². The van der Waals surface area contributed by atoms with Crippen LogP contribution in [0.15, 0.2) is 6.33 Å². The maximum atomic E-state index is 11.0. The zero-order valence-electron chi connectivity index (χ0n) is 10.5. The normalized spacial score (nSPS) is 10.1. The predicted molar refractivity (Wildman–Crippen MR) is 74.3 cm³/mol. The van der Waals surface area contributed by atoms with Crippen molar-refractivity contribution < 1.29 is 4.92 Å². The number of hydrogen-bond acceptors (Lipinski definition) is 7. The third-order valence-electron chi connectivity index (χ3n) is 2.31. The Labute approximate surface area is 110 Å². The molecule has 1 rings (SSSR count). The zero-order chi connectivity index (χ0) is 13.4.